The largest absolute Gasteiger partial charge is 0.343 e. The molecule has 1 aliphatic rings. The maximum Gasteiger partial charge on any atom is 0.226 e. The third kappa shape index (κ3) is 3.82. The molecule has 156 valence electrons. The van der Waals surface area contributed by atoms with Crippen molar-refractivity contribution in [2.45, 2.75) is 32.7 Å². The van der Waals surface area contributed by atoms with Crippen LogP contribution in [0.25, 0.3) is 16.7 Å². The molecule has 2 amide bonds. The molecule has 6 heteroatoms. The van der Waals surface area contributed by atoms with Gasteiger partial charge in [-0.2, -0.15) is 0 Å². The summed E-state index contributed by atoms with van der Waals surface area (Å²) >= 11 is 0. The molecule has 3 aromatic rings. The summed E-state index contributed by atoms with van der Waals surface area (Å²) < 4.78 is 2.07. The monoisotopic (exact) mass is 404 g/mol. The summed E-state index contributed by atoms with van der Waals surface area (Å²) in [4.78, 5) is 32.6. The van der Waals surface area contributed by atoms with Crippen LogP contribution in [-0.4, -0.2) is 51.3 Å². The van der Waals surface area contributed by atoms with E-state index in [2.05, 4.69) is 46.8 Å². The Balaban J connectivity index is 1.45. The van der Waals surface area contributed by atoms with Crippen molar-refractivity contribution in [3.05, 3.63) is 60.4 Å². The summed E-state index contributed by atoms with van der Waals surface area (Å²) in [5.74, 6) is 0.244. The van der Waals surface area contributed by atoms with E-state index in [1.54, 1.807) is 6.92 Å². The van der Waals surface area contributed by atoms with Crippen LogP contribution in [0.1, 0.15) is 38.3 Å². The molecule has 0 radical (unpaired) electrons. The van der Waals surface area contributed by atoms with Crippen LogP contribution in [-0.2, 0) is 9.59 Å². The Morgan fingerprint density at radius 1 is 1.07 bits per heavy atom. The van der Waals surface area contributed by atoms with Gasteiger partial charge in [0.1, 0.15) is 6.33 Å². The maximum atomic E-state index is 13.0. The van der Waals surface area contributed by atoms with Gasteiger partial charge in [0.2, 0.25) is 11.8 Å². The standard InChI is InChI=1S/C24H28N4O2/c1-17(26(3)24(30)20-12-14-27(15-13-20)18(2)29)19-8-10-21(11-9-19)28-16-25-22-6-4-5-7-23(22)28/h4-11,16-17,20H,12-15H2,1-3H3. The highest BCUT2D eigenvalue weighted by molar-refractivity contribution is 5.80. The zero-order valence-corrected chi connectivity index (χ0v) is 17.8. The van der Waals surface area contributed by atoms with Crippen molar-refractivity contribution in [3.8, 4) is 5.69 Å². The fraction of sp³-hybridized carbons (Fsp3) is 0.375. The van der Waals surface area contributed by atoms with Crippen molar-refractivity contribution in [2.75, 3.05) is 20.1 Å². The second-order valence-corrected chi connectivity index (χ2v) is 8.10. The highest BCUT2D eigenvalue weighted by atomic mass is 16.2. The Bertz CT molecular complexity index is 1050. The van der Waals surface area contributed by atoms with E-state index in [9.17, 15) is 9.59 Å². The second-order valence-electron chi connectivity index (χ2n) is 8.10. The van der Waals surface area contributed by atoms with E-state index in [4.69, 9.17) is 0 Å². The Kier molecular flexibility index (Phi) is 5.57. The van der Waals surface area contributed by atoms with E-state index in [0.717, 1.165) is 35.1 Å². The predicted molar refractivity (Wildman–Crippen MR) is 117 cm³/mol. The summed E-state index contributed by atoms with van der Waals surface area (Å²) in [6.07, 6.45) is 3.32. The van der Waals surface area contributed by atoms with Crippen molar-refractivity contribution in [1.29, 1.82) is 0 Å². The van der Waals surface area contributed by atoms with E-state index < -0.39 is 0 Å². The number of rotatable bonds is 4. The minimum atomic E-state index is -0.0167. The Hall–Kier alpha value is -3.15. The number of nitrogens with zero attached hydrogens (tertiary/aromatic N) is 4. The molecule has 0 bridgehead atoms. The molecule has 0 aliphatic carbocycles. The quantitative estimate of drug-likeness (QED) is 0.665. The molecule has 1 fully saturated rings. The number of benzene rings is 2. The minimum Gasteiger partial charge on any atom is -0.343 e. The SMILES string of the molecule is CC(=O)N1CCC(C(=O)N(C)C(C)c2ccc(-n3cnc4ccccc43)cc2)CC1. The van der Waals surface area contributed by atoms with Crippen molar-refractivity contribution in [3.63, 3.8) is 0 Å². The van der Waals surface area contributed by atoms with Crippen LogP contribution in [0.2, 0.25) is 0 Å². The van der Waals surface area contributed by atoms with Gasteiger partial charge < -0.3 is 9.80 Å². The summed E-state index contributed by atoms with van der Waals surface area (Å²) in [6.45, 7) is 4.99. The summed E-state index contributed by atoms with van der Waals surface area (Å²) in [6, 6.07) is 16.4. The van der Waals surface area contributed by atoms with Gasteiger partial charge in [0.25, 0.3) is 0 Å². The molecule has 0 spiro atoms. The number of carbonyl (C=O) groups is 2. The molecule has 0 saturated carbocycles. The lowest BCUT2D eigenvalue weighted by Gasteiger charge is -2.34. The van der Waals surface area contributed by atoms with Crippen LogP contribution in [0.4, 0.5) is 0 Å². The fourth-order valence-electron chi connectivity index (χ4n) is 4.22. The number of para-hydroxylation sites is 2. The molecule has 1 atom stereocenters. The zero-order chi connectivity index (χ0) is 21.3. The molecule has 2 heterocycles. The number of carbonyl (C=O) groups excluding carboxylic acids is 2. The zero-order valence-electron chi connectivity index (χ0n) is 17.8. The Morgan fingerprint density at radius 2 is 1.73 bits per heavy atom. The number of hydrogen-bond acceptors (Lipinski definition) is 3. The lowest BCUT2D eigenvalue weighted by atomic mass is 9.94. The van der Waals surface area contributed by atoms with Crippen LogP contribution < -0.4 is 0 Å². The first-order chi connectivity index (χ1) is 14.5. The van der Waals surface area contributed by atoms with Gasteiger partial charge in [-0.3, -0.25) is 14.2 Å². The normalized spacial score (nSPS) is 15.9. The van der Waals surface area contributed by atoms with Crippen LogP contribution >= 0.6 is 0 Å². The molecule has 1 aromatic heterocycles. The van der Waals surface area contributed by atoms with E-state index in [1.165, 1.54) is 0 Å². The maximum absolute atomic E-state index is 13.0. The second kappa shape index (κ2) is 8.30. The highest BCUT2D eigenvalue weighted by Gasteiger charge is 2.30. The van der Waals surface area contributed by atoms with Gasteiger partial charge in [0.05, 0.1) is 17.1 Å². The fourth-order valence-corrected chi connectivity index (χ4v) is 4.22. The van der Waals surface area contributed by atoms with Crippen molar-refractivity contribution in [1.82, 2.24) is 19.4 Å². The lowest BCUT2D eigenvalue weighted by Crippen LogP contribution is -2.43. The molecule has 1 aliphatic heterocycles. The van der Waals surface area contributed by atoms with Gasteiger partial charge in [-0.15, -0.1) is 0 Å². The molecule has 2 aromatic carbocycles. The number of imidazole rings is 1. The first-order valence-corrected chi connectivity index (χ1v) is 10.5. The third-order valence-corrected chi connectivity index (χ3v) is 6.33. The van der Waals surface area contributed by atoms with Crippen LogP contribution in [0.5, 0.6) is 0 Å². The van der Waals surface area contributed by atoms with Gasteiger partial charge in [-0.05, 0) is 49.6 Å². The van der Waals surface area contributed by atoms with Gasteiger partial charge in [0, 0.05) is 38.7 Å². The molecular weight excluding hydrogens is 376 g/mol. The molecule has 1 unspecified atom stereocenters. The average molecular weight is 405 g/mol. The number of aromatic nitrogens is 2. The van der Waals surface area contributed by atoms with Crippen LogP contribution in [0, 0.1) is 5.92 Å². The molecule has 1 saturated heterocycles. The van der Waals surface area contributed by atoms with Gasteiger partial charge in [-0.25, -0.2) is 4.98 Å². The van der Waals surface area contributed by atoms with Gasteiger partial charge >= 0.3 is 0 Å². The first-order valence-electron chi connectivity index (χ1n) is 10.5. The van der Waals surface area contributed by atoms with Crippen molar-refractivity contribution >= 4 is 22.8 Å². The van der Waals surface area contributed by atoms with E-state index in [0.29, 0.717) is 13.1 Å². The number of piperidine rings is 1. The van der Waals surface area contributed by atoms with E-state index in [1.807, 2.05) is 41.4 Å². The van der Waals surface area contributed by atoms with E-state index in [-0.39, 0.29) is 23.8 Å². The Morgan fingerprint density at radius 3 is 2.40 bits per heavy atom. The number of amides is 2. The molecule has 30 heavy (non-hydrogen) atoms. The van der Waals surface area contributed by atoms with Crippen LogP contribution in [0.15, 0.2) is 54.9 Å². The lowest BCUT2D eigenvalue weighted by molar-refractivity contribution is -0.140. The summed E-state index contributed by atoms with van der Waals surface area (Å²) in [7, 11) is 1.88. The van der Waals surface area contributed by atoms with E-state index >= 15 is 0 Å². The topological polar surface area (TPSA) is 58.4 Å². The summed E-state index contributed by atoms with van der Waals surface area (Å²) in [5.41, 5.74) is 4.18. The number of hydrogen-bond donors (Lipinski definition) is 0. The number of fused-ring (bicyclic) bond motifs is 1. The summed E-state index contributed by atoms with van der Waals surface area (Å²) in [5, 5.41) is 0. The molecular formula is C24H28N4O2. The molecule has 6 nitrogen and oxygen atoms in total. The highest BCUT2D eigenvalue weighted by Crippen LogP contribution is 2.26. The average Bonchev–Trinajstić information content (AvgIpc) is 3.22. The van der Waals surface area contributed by atoms with Crippen molar-refractivity contribution < 1.29 is 9.59 Å². The third-order valence-electron chi connectivity index (χ3n) is 6.33. The van der Waals surface area contributed by atoms with Crippen LogP contribution in [0.3, 0.4) is 0 Å². The van der Waals surface area contributed by atoms with Crippen molar-refractivity contribution in [2.24, 2.45) is 5.92 Å². The molecule has 0 N–H and O–H groups in total. The predicted octanol–water partition coefficient (Wildman–Crippen LogP) is 3.80. The first kappa shape index (κ1) is 20.1. The smallest absolute Gasteiger partial charge is 0.226 e. The molecule has 4 rings (SSSR count). The number of likely N-dealkylation sites (tertiary alicyclic amines) is 1. The van der Waals surface area contributed by atoms with Gasteiger partial charge in [-0.1, -0.05) is 24.3 Å². The van der Waals surface area contributed by atoms with Gasteiger partial charge in [0.15, 0.2) is 0 Å². The minimum absolute atomic E-state index is 0.00960. The Labute approximate surface area is 177 Å².